The van der Waals surface area contributed by atoms with Crippen molar-refractivity contribution in [2.45, 2.75) is 20.2 Å². The van der Waals surface area contributed by atoms with Gasteiger partial charge in [0.2, 0.25) is 0 Å². The molecule has 27 heavy (non-hydrogen) atoms. The number of anilines is 1. The summed E-state index contributed by atoms with van der Waals surface area (Å²) in [5, 5.41) is 10.2. The highest BCUT2D eigenvalue weighted by Crippen LogP contribution is 2.35. The van der Waals surface area contributed by atoms with E-state index in [4.69, 9.17) is 0 Å². The summed E-state index contributed by atoms with van der Waals surface area (Å²) in [7, 11) is 0. The normalized spacial score (nSPS) is 14.9. The first-order valence-corrected chi connectivity index (χ1v) is 7.84. The number of aryl methyl sites for hydroxylation is 2. The average molecular weight is 377 g/mol. The molecule has 140 valence electrons. The summed E-state index contributed by atoms with van der Waals surface area (Å²) in [5.74, 6) is -3.18. The maximum absolute atomic E-state index is 12.8. The number of imide groups is 1. The number of amides is 2. The number of halogens is 3. The van der Waals surface area contributed by atoms with E-state index in [2.05, 4.69) is 4.74 Å². The molecule has 0 unspecified atom stereocenters. The fraction of sp³-hybridized carbons (Fsp3) is 0.158. The van der Waals surface area contributed by atoms with Crippen LogP contribution in [0.2, 0.25) is 0 Å². The smallest absolute Gasteiger partial charge is 0.502 e. The number of rotatable bonds is 3. The molecule has 8 heteroatoms. The van der Waals surface area contributed by atoms with Gasteiger partial charge >= 0.3 is 12.3 Å². The topological polar surface area (TPSA) is 66.8 Å². The highest BCUT2D eigenvalue weighted by molar-refractivity contribution is 6.45. The Morgan fingerprint density at radius 2 is 1.70 bits per heavy atom. The van der Waals surface area contributed by atoms with Gasteiger partial charge in [-0.3, -0.25) is 9.59 Å². The van der Waals surface area contributed by atoms with Crippen LogP contribution >= 0.6 is 0 Å². The maximum atomic E-state index is 12.8. The minimum absolute atomic E-state index is 0.141. The summed E-state index contributed by atoms with van der Waals surface area (Å²) in [4.78, 5) is 25.8. The number of hydrogen-bond donors (Lipinski definition) is 1. The Labute approximate surface area is 152 Å². The van der Waals surface area contributed by atoms with E-state index in [1.54, 1.807) is 25.1 Å². The van der Waals surface area contributed by atoms with Gasteiger partial charge in [-0.2, -0.15) is 0 Å². The predicted molar refractivity (Wildman–Crippen MR) is 91.1 cm³/mol. The summed E-state index contributed by atoms with van der Waals surface area (Å²) in [6, 6.07) is 9.55. The van der Waals surface area contributed by atoms with Crippen LogP contribution in [0.4, 0.5) is 18.9 Å². The SMILES string of the molecule is Cc1ccc(C2=C(O)C(=O)N(c3cccc(OC(F)(F)F)c3)C2=O)c(C)c1. The van der Waals surface area contributed by atoms with Gasteiger partial charge < -0.3 is 9.84 Å². The molecule has 2 amide bonds. The molecule has 3 rings (SSSR count). The molecular formula is C19H14F3NO4. The van der Waals surface area contributed by atoms with Gasteiger partial charge in [0.15, 0.2) is 5.76 Å². The quantitative estimate of drug-likeness (QED) is 0.820. The lowest BCUT2D eigenvalue weighted by Crippen LogP contribution is -2.31. The molecule has 1 aliphatic rings. The number of aliphatic hydroxyl groups excluding tert-OH is 1. The Hall–Kier alpha value is -3.29. The van der Waals surface area contributed by atoms with Crippen molar-refractivity contribution in [1.29, 1.82) is 0 Å². The van der Waals surface area contributed by atoms with Crippen LogP contribution in [0.1, 0.15) is 16.7 Å². The predicted octanol–water partition coefficient (Wildman–Crippen LogP) is 4.04. The van der Waals surface area contributed by atoms with Gasteiger partial charge in [-0.1, -0.05) is 29.8 Å². The van der Waals surface area contributed by atoms with Crippen LogP contribution in [-0.4, -0.2) is 23.3 Å². The third kappa shape index (κ3) is 3.51. The highest BCUT2D eigenvalue weighted by Gasteiger charge is 2.41. The molecule has 0 aromatic heterocycles. The molecule has 0 saturated heterocycles. The maximum Gasteiger partial charge on any atom is 0.573 e. The van der Waals surface area contributed by atoms with E-state index >= 15 is 0 Å². The molecule has 1 aliphatic heterocycles. The van der Waals surface area contributed by atoms with Gasteiger partial charge in [0.25, 0.3) is 5.91 Å². The first-order valence-electron chi connectivity index (χ1n) is 7.84. The molecule has 0 bridgehead atoms. The van der Waals surface area contributed by atoms with Crippen LogP contribution in [0.5, 0.6) is 5.75 Å². The Morgan fingerprint density at radius 1 is 1.00 bits per heavy atom. The largest absolute Gasteiger partial charge is 0.573 e. The molecule has 0 aliphatic carbocycles. The number of alkyl halides is 3. The van der Waals surface area contributed by atoms with Crippen molar-refractivity contribution in [3.05, 3.63) is 64.9 Å². The van der Waals surface area contributed by atoms with Crippen LogP contribution < -0.4 is 9.64 Å². The summed E-state index contributed by atoms with van der Waals surface area (Å²) in [6.45, 7) is 3.58. The van der Waals surface area contributed by atoms with Crippen LogP contribution in [0.25, 0.3) is 5.57 Å². The van der Waals surface area contributed by atoms with Crippen molar-refractivity contribution in [1.82, 2.24) is 0 Å². The molecule has 0 radical (unpaired) electrons. The molecule has 5 nitrogen and oxygen atoms in total. The van der Waals surface area contributed by atoms with Crippen LogP contribution in [-0.2, 0) is 9.59 Å². The van der Waals surface area contributed by atoms with Crippen LogP contribution in [0, 0.1) is 13.8 Å². The third-order valence-corrected chi connectivity index (χ3v) is 4.02. The Balaban J connectivity index is 2.00. The van der Waals surface area contributed by atoms with E-state index in [1.165, 1.54) is 12.1 Å². The zero-order chi connectivity index (χ0) is 19.9. The number of nitrogens with zero attached hydrogens (tertiary/aromatic N) is 1. The van der Waals surface area contributed by atoms with Crippen molar-refractivity contribution in [2.75, 3.05) is 4.90 Å². The van der Waals surface area contributed by atoms with Gasteiger partial charge in [0.1, 0.15) is 5.75 Å². The Bertz CT molecular complexity index is 979. The standard InChI is InChI=1S/C19H14F3NO4/c1-10-6-7-14(11(2)8-10)15-16(24)18(26)23(17(15)25)12-4-3-5-13(9-12)27-19(20,21)22/h3-9,24H,1-2H3. The number of carbonyl (C=O) groups is 2. The Kier molecular flexibility index (Phi) is 4.43. The summed E-state index contributed by atoms with van der Waals surface area (Å²) in [6.07, 6.45) is -4.91. The van der Waals surface area contributed by atoms with Gasteiger partial charge in [-0.05, 0) is 37.1 Å². The molecule has 0 fully saturated rings. The third-order valence-electron chi connectivity index (χ3n) is 4.02. The van der Waals surface area contributed by atoms with Gasteiger partial charge in [-0.15, -0.1) is 13.2 Å². The lowest BCUT2D eigenvalue weighted by molar-refractivity contribution is -0.274. The van der Waals surface area contributed by atoms with Crippen molar-refractivity contribution < 1.29 is 32.6 Å². The second-order valence-corrected chi connectivity index (χ2v) is 6.03. The Morgan fingerprint density at radius 3 is 2.33 bits per heavy atom. The second kappa shape index (κ2) is 6.46. The van der Waals surface area contributed by atoms with Gasteiger partial charge in [-0.25, -0.2) is 4.90 Å². The van der Waals surface area contributed by atoms with Crippen molar-refractivity contribution in [3.63, 3.8) is 0 Å². The van der Waals surface area contributed by atoms with E-state index in [-0.39, 0.29) is 11.3 Å². The van der Waals surface area contributed by atoms with Crippen LogP contribution in [0.3, 0.4) is 0 Å². The van der Waals surface area contributed by atoms with E-state index < -0.39 is 29.7 Å². The molecule has 2 aromatic carbocycles. The summed E-state index contributed by atoms with van der Waals surface area (Å²) < 4.78 is 41.0. The number of aliphatic hydroxyl groups is 1. The lowest BCUT2D eigenvalue weighted by atomic mass is 9.98. The van der Waals surface area contributed by atoms with E-state index in [1.807, 2.05) is 6.92 Å². The first-order chi connectivity index (χ1) is 12.6. The number of carbonyl (C=O) groups excluding carboxylic acids is 2. The molecule has 0 atom stereocenters. The van der Waals surface area contributed by atoms with E-state index in [9.17, 15) is 27.9 Å². The van der Waals surface area contributed by atoms with Crippen molar-refractivity contribution in [3.8, 4) is 5.75 Å². The zero-order valence-corrected chi connectivity index (χ0v) is 14.3. The molecule has 0 spiro atoms. The minimum atomic E-state index is -4.91. The number of benzene rings is 2. The number of hydrogen-bond acceptors (Lipinski definition) is 4. The molecule has 0 saturated carbocycles. The van der Waals surface area contributed by atoms with Crippen LogP contribution in [0.15, 0.2) is 48.2 Å². The summed E-state index contributed by atoms with van der Waals surface area (Å²) in [5.41, 5.74) is 1.65. The number of ether oxygens (including phenoxy) is 1. The first kappa shape index (κ1) is 18.5. The van der Waals surface area contributed by atoms with Gasteiger partial charge in [0.05, 0.1) is 11.3 Å². The molecule has 1 N–H and O–H groups in total. The van der Waals surface area contributed by atoms with Crippen molar-refractivity contribution >= 4 is 23.1 Å². The van der Waals surface area contributed by atoms with E-state index in [0.29, 0.717) is 16.0 Å². The second-order valence-electron chi connectivity index (χ2n) is 6.03. The fourth-order valence-corrected chi connectivity index (χ4v) is 2.91. The van der Waals surface area contributed by atoms with Gasteiger partial charge in [0, 0.05) is 6.07 Å². The molecular weight excluding hydrogens is 363 g/mol. The molecule has 1 heterocycles. The zero-order valence-electron chi connectivity index (χ0n) is 14.3. The van der Waals surface area contributed by atoms with Crippen molar-refractivity contribution in [2.24, 2.45) is 0 Å². The molecule has 2 aromatic rings. The average Bonchev–Trinajstić information content (AvgIpc) is 2.76. The monoisotopic (exact) mass is 377 g/mol. The highest BCUT2D eigenvalue weighted by atomic mass is 19.4. The minimum Gasteiger partial charge on any atom is -0.502 e. The fourth-order valence-electron chi connectivity index (χ4n) is 2.91. The van der Waals surface area contributed by atoms with E-state index in [0.717, 1.165) is 17.7 Å². The lowest BCUT2D eigenvalue weighted by Gasteiger charge is -2.16. The summed E-state index contributed by atoms with van der Waals surface area (Å²) >= 11 is 0.